The van der Waals surface area contributed by atoms with Crippen molar-refractivity contribution in [3.8, 4) is 0 Å². The van der Waals surface area contributed by atoms with Gasteiger partial charge in [0.05, 0.1) is 30.1 Å². The van der Waals surface area contributed by atoms with Crippen LogP contribution in [0.5, 0.6) is 0 Å². The summed E-state index contributed by atoms with van der Waals surface area (Å²) in [4.78, 5) is 14.0. The van der Waals surface area contributed by atoms with Gasteiger partial charge in [-0.1, -0.05) is 6.07 Å². The summed E-state index contributed by atoms with van der Waals surface area (Å²) in [6.07, 6.45) is 1.73. The average Bonchev–Trinajstić information content (AvgIpc) is 2.95. The fourth-order valence-electron chi connectivity index (χ4n) is 2.49. The third-order valence-electron chi connectivity index (χ3n) is 3.56. The molecule has 0 spiro atoms. The molecule has 3 rings (SSSR count). The smallest absolute Gasteiger partial charge is 0.340 e. The number of nitrogens with two attached hydrogens (primary N) is 1. The molecule has 0 amide bonds. The minimum absolute atomic E-state index is 0.329. The monoisotopic (exact) mass is 287 g/mol. The summed E-state index contributed by atoms with van der Waals surface area (Å²) in [5, 5.41) is 7.99. The molecule has 0 fully saturated rings. The normalized spacial score (nSPS) is 13.9. The van der Waals surface area contributed by atoms with E-state index in [-0.39, 0.29) is 0 Å². The number of nitrogens with zero attached hydrogens (tertiary/aromatic N) is 4. The number of rotatable bonds is 3. The Morgan fingerprint density at radius 2 is 2.29 bits per heavy atom. The highest BCUT2D eigenvalue weighted by Crippen LogP contribution is 2.29. The Balaban J connectivity index is 1.90. The van der Waals surface area contributed by atoms with Gasteiger partial charge in [0.15, 0.2) is 5.82 Å². The summed E-state index contributed by atoms with van der Waals surface area (Å²) >= 11 is 0. The summed E-state index contributed by atoms with van der Waals surface area (Å²) < 4.78 is 7.05. The Morgan fingerprint density at radius 3 is 3.10 bits per heavy atom. The van der Waals surface area contributed by atoms with Gasteiger partial charge in [-0.25, -0.2) is 4.79 Å². The van der Waals surface area contributed by atoms with E-state index in [4.69, 9.17) is 10.5 Å². The van der Waals surface area contributed by atoms with Crippen molar-refractivity contribution in [3.63, 3.8) is 0 Å². The number of ether oxygens (including phenoxy) is 1. The third kappa shape index (κ3) is 2.42. The zero-order chi connectivity index (χ0) is 14.8. The highest BCUT2D eigenvalue weighted by atomic mass is 16.5. The van der Waals surface area contributed by atoms with Crippen LogP contribution >= 0.6 is 0 Å². The number of carbonyl (C=O) groups excluding carboxylic acids is 1. The standard InChI is InChI=1S/C14H17N5O2/c1-2-21-14(20)10-4-3-5-11(13(10)15)18-6-7-19-9-16-17-12(19)8-18/h3-5,9H,2,6-8,15H2,1H3. The molecule has 1 aromatic heterocycles. The van der Waals surface area contributed by atoms with Crippen molar-refractivity contribution in [3.05, 3.63) is 35.9 Å². The average molecular weight is 287 g/mol. The predicted molar refractivity (Wildman–Crippen MR) is 77.9 cm³/mol. The van der Waals surface area contributed by atoms with E-state index in [1.165, 1.54) is 0 Å². The van der Waals surface area contributed by atoms with Crippen LogP contribution in [-0.4, -0.2) is 33.9 Å². The number of aromatic nitrogens is 3. The molecular formula is C14H17N5O2. The number of benzene rings is 1. The summed E-state index contributed by atoms with van der Waals surface area (Å²) in [6.45, 7) is 4.31. The van der Waals surface area contributed by atoms with Crippen LogP contribution in [0.4, 0.5) is 11.4 Å². The van der Waals surface area contributed by atoms with E-state index in [9.17, 15) is 4.79 Å². The summed E-state index contributed by atoms with van der Waals surface area (Å²) in [5.74, 6) is 0.499. The molecule has 2 heterocycles. The molecular weight excluding hydrogens is 270 g/mol. The van der Waals surface area contributed by atoms with Crippen LogP contribution in [-0.2, 0) is 17.8 Å². The second-order valence-electron chi connectivity index (χ2n) is 4.82. The molecule has 2 N–H and O–H groups in total. The van der Waals surface area contributed by atoms with Gasteiger partial charge < -0.3 is 19.9 Å². The lowest BCUT2D eigenvalue weighted by Crippen LogP contribution is -2.34. The van der Waals surface area contributed by atoms with E-state index in [0.717, 1.165) is 24.6 Å². The lowest BCUT2D eigenvalue weighted by Gasteiger charge is -2.30. The quantitative estimate of drug-likeness (QED) is 0.671. The van der Waals surface area contributed by atoms with Gasteiger partial charge >= 0.3 is 5.97 Å². The highest BCUT2D eigenvalue weighted by molar-refractivity contribution is 5.98. The Labute approximate surface area is 122 Å². The van der Waals surface area contributed by atoms with Gasteiger partial charge in [-0.3, -0.25) is 0 Å². The van der Waals surface area contributed by atoms with Crippen molar-refractivity contribution >= 4 is 17.3 Å². The second kappa shape index (κ2) is 5.43. The lowest BCUT2D eigenvalue weighted by atomic mass is 10.1. The minimum atomic E-state index is -0.392. The number of nitrogen functional groups attached to an aromatic ring is 1. The van der Waals surface area contributed by atoms with E-state index in [2.05, 4.69) is 15.1 Å². The number of carbonyl (C=O) groups is 1. The van der Waals surface area contributed by atoms with E-state index >= 15 is 0 Å². The predicted octanol–water partition coefficient (Wildman–Crippen LogP) is 1.06. The maximum Gasteiger partial charge on any atom is 0.340 e. The molecule has 2 aromatic rings. The molecule has 0 atom stereocenters. The van der Waals surface area contributed by atoms with Gasteiger partial charge in [0, 0.05) is 13.1 Å². The van der Waals surface area contributed by atoms with Gasteiger partial charge in [-0.2, -0.15) is 0 Å². The minimum Gasteiger partial charge on any atom is -0.462 e. The first-order valence-corrected chi connectivity index (χ1v) is 6.88. The first-order chi connectivity index (χ1) is 10.2. The zero-order valence-electron chi connectivity index (χ0n) is 11.8. The van der Waals surface area contributed by atoms with Crippen molar-refractivity contribution in [1.82, 2.24) is 14.8 Å². The van der Waals surface area contributed by atoms with Crippen LogP contribution in [0.2, 0.25) is 0 Å². The molecule has 0 saturated carbocycles. The molecule has 1 aliphatic rings. The molecule has 21 heavy (non-hydrogen) atoms. The molecule has 1 aromatic carbocycles. The molecule has 0 saturated heterocycles. The molecule has 7 nitrogen and oxygen atoms in total. The van der Waals surface area contributed by atoms with Gasteiger partial charge in [0.2, 0.25) is 0 Å². The fraction of sp³-hybridized carbons (Fsp3) is 0.357. The molecule has 0 unspecified atom stereocenters. The molecule has 0 aliphatic carbocycles. The van der Waals surface area contributed by atoms with Crippen molar-refractivity contribution in [1.29, 1.82) is 0 Å². The van der Waals surface area contributed by atoms with Gasteiger partial charge in [0.1, 0.15) is 6.33 Å². The van der Waals surface area contributed by atoms with Crippen LogP contribution in [0.15, 0.2) is 24.5 Å². The van der Waals surface area contributed by atoms with Crippen LogP contribution in [0.25, 0.3) is 0 Å². The van der Waals surface area contributed by atoms with Crippen molar-refractivity contribution in [2.75, 3.05) is 23.8 Å². The lowest BCUT2D eigenvalue weighted by molar-refractivity contribution is 0.0527. The van der Waals surface area contributed by atoms with Gasteiger partial charge in [0.25, 0.3) is 0 Å². The van der Waals surface area contributed by atoms with Crippen LogP contribution in [0.3, 0.4) is 0 Å². The second-order valence-corrected chi connectivity index (χ2v) is 4.82. The van der Waals surface area contributed by atoms with Crippen LogP contribution in [0.1, 0.15) is 23.1 Å². The third-order valence-corrected chi connectivity index (χ3v) is 3.56. The maximum atomic E-state index is 11.9. The number of fused-ring (bicyclic) bond motifs is 1. The number of hydrogen-bond acceptors (Lipinski definition) is 6. The van der Waals surface area contributed by atoms with Crippen molar-refractivity contribution in [2.45, 2.75) is 20.0 Å². The molecule has 110 valence electrons. The maximum absolute atomic E-state index is 11.9. The van der Waals surface area contributed by atoms with E-state index < -0.39 is 5.97 Å². The molecule has 0 bridgehead atoms. The molecule has 0 radical (unpaired) electrons. The van der Waals surface area contributed by atoms with Crippen molar-refractivity contribution < 1.29 is 9.53 Å². The van der Waals surface area contributed by atoms with Crippen LogP contribution in [0, 0.1) is 0 Å². The zero-order valence-corrected chi connectivity index (χ0v) is 11.8. The fourth-order valence-corrected chi connectivity index (χ4v) is 2.49. The summed E-state index contributed by atoms with van der Waals surface area (Å²) in [7, 11) is 0. The number of esters is 1. The van der Waals surface area contributed by atoms with Crippen LogP contribution < -0.4 is 10.6 Å². The van der Waals surface area contributed by atoms with E-state index in [0.29, 0.717) is 24.4 Å². The van der Waals surface area contributed by atoms with Gasteiger partial charge in [-0.05, 0) is 19.1 Å². The van der Waals surface area contributed by atoms with E-state index in [1.807, 2.05) is 16.7 Å². The Morgan fingerprint density at radius 1 is 1.43 bits per heavy atom. The molecule has 7 heteroatoms. The number of para-hydroxylation sites is 1. The Kier molecular flexibility index (Phi) is 3.47. The SMILES string of the molecule is CCOC(=O)c1cccc(N2CCn3cnnc3C2)c1N. The topological polar surface area (TPSA) is 86.3 Å². The number of hydrogen-bond donors (Lipinski definition) is 1. The van der Waals surface area contributed by atoms with E-state index in [1.54, 1.807) is 19.3 Å². The van der Waals surface area contributed by atoms with Gasteiger partial charge in [-0.15, -0.1) is 10.2 Å². The first kappa shape index (κ1) is 13.4. The van der Waals surface area contributed by atoms with Crippen molar-refractivity contribution in [2.24, 2.45) is 0 Å². The Hall–Kier alpha value is -2.57. The largest absolute Gasteiger partial charge is 0.462 e. The summed E-state index contributed by atoms with van der Waals surface area (Å²) in [5.41, 5.74) is 7.84. The highest BCUT2D eigenvalue weighted by Gasteiger charge is 2.22. The summed E-state index contributed by atoms with van der Waals surface area (Å²) in [6, 6.07) is 5.41. The molecule has 1 aliphatic heterocycles. The number of anilines is 2. The first-order valence-electron chi connectivity index (χ1n) is 6.88. The Bertz CT molecular complexity index is 667.